The van der Waals surface area contributed by atoms with Crippen molar-refractivity contribution in [2.45, 2.75) is 6.92 Å². The molecule has 1 fully saturated rings. The van der Waals surface area contributed by atoms with Crippen molar-refractivity contribution in [2.24, 2.45) is 0 Å². The molecule has 1 saturated heterocycles. The fourth-order valence-electron chi connectivity index (χ4n) is 3.18. The molecule has 3 heterocycles. The van der Waals surface area contributed by atoms with Gasteiger partial charge < -0.3 is 14.0 Å². The molecular weight excluding hydrogens is 451 g/mol. The van der Waals surface area contributed by atoms with E-state index < -0.39 is 0 Å². The summed E-state index contributed by atoms with van der Waals surface area (Å²) in [5.74, 6) is 0.935. The molecule has 1 aliphatic heterocycles. The summed E-state index contributed by atoms with van der Waals surface area (Å²) in [7, 11) is 1.58. The molecule has 0 spiro atoms. The highest BCUT2D eigenvalue weighted by Crippen LogP contribution is 2.39. The van der Waals surface area contributed by atoms with Gasteiger partial charge in [0.05, 0.1) is 30.0 Å². The van der Waals surface area contributed by atoms with Crippen LogP contribution in [0.2, 0.25) is 5.02 Å². The second kappa shape index (κ2) is 9.93. The Hall–Kier alpha value is -1.91. The van der Waals surface area contributed by atoms with E-state index >= 15 is 0 Å². The Morgan fingerprint density at radius 3 is 2.80 bits per heavy atom. The van der Waals surface area contributed by atoms with Crippen LogP contribution in [0.4, 0.5) is 5.13 Å². The SMILES string of the molecule is COc1ccc(Cl)c2sc(N(CCN3CCOCC3)C(=O)c3cc(C)on3)nc12.Cl. The first kappa shape index (κ1) is 22.8. The molecule has 162 valence electrons. The first-order valence-electron chi connectivity index (χ1n) is 9.25. The number of nitrogens with zero attached hydrogens (tertiary/aromatic N) is 4. The van der Waals surface area contributed by atoms with Gasteiger partial charge in [0.25, 0.3) is 5.91 Å². The number of morpholine rings is 1. The number of fused-ring (bicyclic) bond motifs is 1. The Labute approximate surface area is 189 Å². The number of hydrogen-bond acceptors (Lipinski definition) is 8. The maximum absolute atomic E-state index is 13.2. The van der Waals surface area contributed by atoms with E-state index in [2.05, 4.69) is 15.0 Å². The van der Waals surface area contributed by atoms with Crippen molar-refractivity contribution < 1.29 is 18.8 Å². The molecule has 0 aliphatic carbocycles. The van der Waals surface area contributed by atoms with Crippen molar-refractivity contribution in [3.63, 3.8) is 0 Å². The predicted molar refractivity (Wildman–Crippen MR) is 119 cm³/mol. The molecule has 4 rings (SSSR count). The quantitative estimate of drug-likeness (QED) is 0.541. The highest BCUT2D eigenvalue weighted by Gasteiger charge is 2.26. The zero-order chi connectivity index (χ0) is 20.4. The third-order valence-electron chi connectivity index (χ3n) is 4.73. The maximum Gasteiger partial charge on any atom is 0.282 e. The van der Waals surface area contributed by atoms with Gasteiger partial charge >= 0.3 is 0 Å². The average Bonchev–Trinajstić information content (AvgIpc) is 3.36. The van der Waals surface area contributed by atoms with Crippen molar-refractivity contribution in [3.05, 3.63) is 34.7 Å². The number of anilines is 1. The molecule has 30 heavy (non-hydrogen) atoms. The third kappa shape index (κ3) is 4.70. The largest absolute Gasteiger partial charge is 0.494 e. The zero-order valence-corrected chi connectivity index (χ0v) is 19.0. The van der Waals surface area contributed by atoms with Crippen LogP contribution in [0.1, 0.15) is 16.2 Å². The van der Waals surface area contributed by atoms with Crippen LogP contribution >= 0.6 is 35.3 Å². The topological polar surface area (TPSA) is 80.9 Å². The van der Waals surface area contributed by atoms with E-state index in [1.165, 1.54) is 11.3 Å². The lowest BCUT2D eigenvalue weighted by molar-refractivity contribution is 0.0391. The number of thiazole rings is 1. The fraction of sp³-hybridized carbons (Fsp3) is 0.421. The molecule has 0 radical (unpaired) electrons. The van der Waals surface area contributed by atoms with Crippen molar-refractivity contribution in [2.75, 3.05) is 51.4 Å². The molecule has 11 heteroatoms. The van der Waals surface area contributed by atoms with Crippen molar-refractivity contribution in [1.29, 1.82) is 0 Å². The summed E-state index contributed by atoms with van der Waals surface area (Å²) in [5.41, 5.74) is 0.891. The first-order valence-corrected chi connectivity index (χ1v) is 10.4. The lowest BCUT2D eigenvalue weighted by Crippen LogP contribution is -2.43. The highest BCUT2D eigenvalue weighted by atomic mass is 35.5. The first-order chi connectivity index (χ1) is 14.1. The number of amides is 1. The van der Waals surface area contributed by atoms with Crippen LogP contribution in [0, 0.1) is 6.92 Å². The van der Waals surface area contributed by atoms with Gasteiger partial charge in [0.2, 0.25) is 0 Å². The molecule has 1 amide bonds. The number of aromatic nitrogens is 2. The molecule has 0 atom stereocenters. The summed E-state index contributed by atoms with van der Waals surface area (Å²) < 4.78 is 16.7. The van der Waals surface area contributed by atoms with Gasteiger partial charge in [-0.2, -0.15) is 0 Å². The number of rotatable bonds is 6. The van der Waals surface area contributed by atoms with E-state index in [4.69, 9.17) is 25.6 Å². The zero-order valence-electron chi connectivity index (χ0n) is 16.6. The Kier molecular flexibility index (Phi) is 7.54. The molecular formula is C19H22Cl2N4O4S. The van der Waals surface area contributed by atoms with Crippen LogP contribution in [-0.4, -0.2) is 67.5 Å². The average molecular weight is 473 g/mol. The highest BCUT2D eigenvalue weighted by molar-refractivity contribution is 7.23. The Balaban J connectivity index is 0.00000256. The normalized spacial score (nSPS) is 14.5. The summed E-state index contributed by atoms with van der Waals surface area (Å²) in [6.07, 6.45) is 0. The molecule has 0 unspecified atom stereocenters. The van der Waals surface area contributed by atoms with Crippen LogP contribution in [0.5, 0.6) is 5.75 Å². The van der Waals surface area contributed by atoms with Gasteiger partial charge in [-0.15, -0.1) is 12.4 Å². The molecule has 1 aliphatic rings. The van der Waals surface area contributed by atoms with Crippen molar-refractivity contribution in [3.8, 4) is 5.75 Å². The summed E-state index contributed by atoms with van der Waals surface area (Å²) >= 11 is 7.72. The fourth-order valence-corrected chi connectivity index (χ4v) is 4.46. The van der Waals surface area contributed by atoms with Gasteiger partial charge in [-0.25, -0.2) is 4.98 Å². The van der Waals surface area contributed by atoms with Crippen molar-refractivity contribution in [1.82, 2.24) is 15.0 Å². The standard InChI is InChI=1S/C19H21ClN4O4S.ClH/c1-12-11-14(22-28-12)18(25)24(6-5-23-7-9-27-10-8-23)19-21-16-15(26-2)4-3-13(20)17(16)29-19;/h3-4,11H,5-10H2,1-2H3;1H. The van der Waals surface area contributed by atoms with E-state index in [0.717, 1.165) is 17.8 Å². The number of hydrogen-bond donors (Lipinski definition) is 0. The number of halogens is 2. The van der Waals surface area contributed by atoms with E-state index in [1.807, 2.05) is 0 Å². The van der Waals surface area contributed by atoms with Gasteiger partial charge in [-0.3, -0.25) is 14.6 Å². The minimum atomic E-state index is -0.260. The summed E-state index contributed by atoms with van der Waals surface area (Å²) in [5, 5.41) is 5.01. The van der Waals surface area contributed by atoms with Crippen molar-refractivity contribution >= 4 is 56.6 Å². The van der Waals surface area contributed by atoms with E-state index in [1.54, 1.807) is 37.1 Å². The molecule has 8 nitrogen and oxygen atoms in total. The molecule has 0 N–H and O–H groups in total. The number of aryl methyl sites for hydroxylation is 1. The van der Waals surface area contributed by atoms with E-state index in [-0.39, 0.29) is 24.0 Å². The molecule has 3 aromatic rings. The second-order valence-corrected chi connectivity index (χ2v) is 8.04. The van der Waals surface area contributed by atoms with Gasteiger partial charge in [0.1, 0.15) is 17.0 Å². The molecule has 1 aromatic carbocycles. The molecule has 2 aromatic heterocycles. The molecule has 0 saturated carbocycles. The number of benzene rings is 1. The number of carbonyl (C=O) groups is 1. The maximum atomic E-state index is 13.2. The Morgan fingerprint density at radius 2 is 2.13 bits per heavy atom. The van der Waals surface area contributed by atoms with Crippen LogP contribution in [0.25, 0.3) is 10.2 Å². The van der Waals surface area contributed by atoms with E-state index in [9.17, 15) is 4.79 Å². The minimum Gasteiger partial charge on any atom is -0.494 e. The number of carbonyl (C=O) groups excluding carboxylic acids is 1. The number of ether oxygens (including phenoxy) is 2. The lowest BCUT2D eigenvalue weighted by atomic mass is 10.3. The number of methoxy groups -OCH3 is 1. The van der Waals surface area contributed by atoms with Gasteiger partial charge in [-0.1, -0.05) is 28.1 Å². The lowest BCUT2D eigenvalue weighted by Gasteiger charge is -2.28. The van der Waals surface area contributed by atoms with E-state index in [0.29, 0.717) is 53.5 Å². The van der Waals surface area contributed by atoms with Crippen LogP contribution in [-0.2, 0) is 4.74 Å². The Bertz CT molecular complexity index is 1020. The van der Waals surface area contributed by atoms with Crippen LogP contribution < -0.4 is 9.64 Å². The predicted octanol–water partition coefficient (Wildman–Crippen LogP) is 3.66. The monoisotopic (exact) mass is 472 g/mol. The van der Waals surface area contributed by atoms with Crippen LogP contribution in [0.15, 0.2) is 22.7 Å². The molecule has 0 bridgehead atoms. The summed E-state index contributed by atoms with van der Waals surface area (Å²) in [6, 6.07) is 5.17. The summed E-state index contributed by atoms with van der Waals surface area (Å²) in [4.78, 5) is 21.8. The Morgan fingerprint density at radius 1 is 1.37 bits per heavy atom. The second-order valence-electron chi connectivity index (χ2n) is 6.66. The van der Waals surface area contributed by atoms with Gasteiger partial charge in [-0.05, 0) is 19.1 Å². The minimum absolute atomic E-state index is 0. The third-order valence-corrected chi connectivity index (χ3v) is 6.27. The van der Waals surface area contributed by atoms with Gasteiger partial charge in [0.15, 0.2) is 10.8 Å². The van der Waals surface area contributed by atoms with Gasteiger partial charge in [0, 0.05) is 32.2 Å². The van der Waals surface area contributed by atoms with Crippen LogP contribution in [0.3, 0.4) is 0 Å². The smallest absolute Gasteiger partial charge is 0.282 e. The summed E-state index contributed by atoms with van der Waals surface area (Å²) in [6.45, 7) is 5.99.